The number of rotatable bonds is 9. The van der Waals surface area contributed by atoms with E-state index in [1.807, 2.05) is 0 Å². The third-order valence-corrected chi connectivity index (χ3v) is 6.09. The molecule has 0 aliphatic carbocycles. The molecular formula is C24H24FN3O4S. The molecule has 0 fully saturated rings. The first kappa shape index (κ1) is 24.1. The van der Waals surface area contributed by atoms with Gasteiger partial charge < -0.3 is 10.6 Å². The maximum absolute atomic E-state index is 13.3. The molecule has 0 aliphatic heterocycles. The molecule has 0 bridgehead atoms. The lowest BCUT2D eigenvalue weighted by Crippen LogP contribution is -2.25. The van der Waals surface area contributed by atoms with Crippen molar-refractivity contribution in [2.75, 3.05) is 5.32 Å². The molecule has 7 nitrogen and oxygen atoms in total. The maximum atomic E-state index is 13.3. The van der Waals surface area contributed by atoms with Crippen molar-refractivity contribution >= 4 is 27.5 Å². The Bertz CT molecular complexity index is 1240. The standard InChI is InChI=1S/C24H24FN3O4S/c1-17(29)28-22-10-8-18(9-11-22)14-24(30)26-15-20-5-3-7-23(13-20)33(31,32)27-16-19-4-2-6-21(25)12-19/h2-13,27H,14-16H2,1H3,(H,26,30)(H,28,29). The lowest BCUT2D eigenvalue weighted by atomic mass is 10.1. The van der Waals surface area contributed by atoms with Crippen LogP contribution in [0.5, 0.6) is 0 Å². The fraction of sp³-hybridized carbons (Fsp3) is 0.167. The van der Waals surface area contributed by atoms with Crippen LogP contribution < -0.4 is 15.4 Å². The number of hydrogen-bond donors (Lipinski definition) is 3. The first-order valence-electron chi connectivity index (χ1n) is 10.2. The average Bonchev–Trinajstić information content (AvgIpc) is 2.78. The van der Waals surface area contributed by atoms with Gasteiger partial charge in [-0.15, -0.1) is 0 Å². The highest BCUT2D eigenvalue weighted by Gasteiger charge is 2.14. The number of amides is 2. The van der Waals surface area contributed by atoms with Crippen LogP contribution >= 0.6 is 0 Å². The predicted molar refractivity (Wildman–Crippen MR) is 123 cm³/mol. The molecule has 9 heteroatoms. The summed E-state index contributed by atoms with van der Waals surface area (Å²) in [5.41, 5.74) is 2.56. The topological polar surface area (TPSA) is 104 Å². The van der Waals surface area contributed by atoms with Crippen LogP contribution in [-0.4, -0.2) is 20.2 Å². The quantitative estimate of drug-likeness (QED) is 0.448. The number of hydrogen-bond acceptors (Lipinski definition) is 4. The molecule has 33 heavy (non-hydrogen) atoms. The van der Waals surface area contributed by atoms with Gasteiger partial charge >= 0.3 is 0 Å². The van der Waals surface area contributed by atoms with E-state index < -0.39 is 15.8 Å². The Morgan fingerprint density at radius 1 is 0.848 bits per heavy atom. The number of anilines is 1. The van der Waals surface area contributed by atoms with Crippen molar-refractivity contribution < 1.29 is 22.4 Å². The van der Waals surface area contributed by atoms with Crippen molar-refractivity contribution in [3.63, 3.8) is 0 Å². The van der Waals surface area contributed by atoms with Gasteiger partial charge in [-0.1, -0.05) is 36.4 Å². The van der Waals surface area contributed by atoms with E-state index in [0.717, 1.165) is 5.56 Å². The molecule has 2 amide bonds. The minimum absolute atomic E-state index is 0.0399. The van der Waals surface area contributed by atoms with Crippen LogP contribution in [-0.2, 0) is 39.1 Å². The normalized spacial score (nSPS) is 11.1. The Labute approximate surface area is 192 Å². The van der Waals surface area contributed by atoms with Crippen LogP contribution in [0.25, 0.3) is 0 Å². The highest BCUT2D eigenvalue weighted by atomic mass is 32.2. The van der Waals surface area contributed by atoms with E-state index in [1.54, 1.807) is 42.5 Å². The third-order valence-electron chi connectivity index (χ3n) is 4.69. The van der Waals surface area contributed by atoms with Crippen LogP contribution in [0.3, 0.4) is 0 Å². The zero-order valence-electron chi connectivity index (χ0n) is 18.0. The molecule has 0 unspecified atom stereocenters. The summed E-state index contributed by atoms with van der Waals surface area (Å²) in [6, 6.07) is 18.9. The van der Waals surface area contributed by atoms with Crippen molar-refractivity contribution in [2.24, 2.45) is 0 Å². The molecule has 0 heterocycles. The van der Waals surface area contributed by atoms with Gasteiger partial charge in [0.05, 0.1) is 11.3 Å². The second-order valence-corrected chi connectivity index (χ2v) is 9.20. The van der Waals surface area contributed by atoms with Crippen LogP contribution in [0.15, 0.2) is 77.7 Å². The number of carbonyl (C=O) groups excluding carboxylic acids is 2. The van der Waals surface area contributed by atoms with E-state index in [-0.39, 0.29) is 36.2 Å². The minimum Gasteiger partial charge on any atom is -0.352 e. The summed E-state index contributed by atoms with van der Waals surface area (Å²) in [5.74, 6) is -0.832. The molecule has 3 N–H and O–H groups in total. The van der Waals surface area contributed by atoms with Crippen LogP contribution in [0.1, 0.15) is 23.6 Å². The number of sulfonamides is 1. The predicted octanol–water partition coefficient (Wildman–Crippen LogP) is 3.12. The molecule has 0 aliphatic rings. The molecule has 0 aromatic heterocycles. The number of nitrogens with one attached hydrogen (secondary N) is 3. The van der Waals surface area contributed by atoms with Gasteiger partial charge in [0.25, 0.3) is 0 Å². The summed E-state index contributed by atoms with van der Waals surface area (Å²) in [7, 11) is -3.81. The van der Waals surface area contributed by atoms with Gasteiger partial charge in [-0.3, -0.25) is 9.59 Å². The molecule has 0 radical (unpaired) electrons. The molecule has 3 aromatic carbocycles. The molecule has 0 atom stereocenters. The fourth-order valence-corrected chi connectivity index (χ4v) is 4.18. The largest absolute Gasteiger partial charge is 0.352 e. The maximum Gasteiger partial charge on any atom is 0.240 e. The zero-order chi connectivity index (χ0) is 23.8. The van der Waals surface area contributed by atoms with Gasteiger partial charge in [0.1, 0.15) is 5.82 Å². The second-order valence-electron chi connectivity index (χ2n) is 7.43. The van der Waals surface area contributed by atoms with Crippen molar-refractivity contribution in [2.45, 2.75) is 31.3 Å². The van der Waals surface area contributed by atoms with Crippen molar-refractivity contribution in [1.29, 1.82) is 0 Å². The lowest BCUT2D eigenvalue weighted by molar-refractivity contribution is -0.120. The first-order chi connectivity index (χ1) is 15.7. The monoisotopic (exact) mass is 469 g/mol. The van der Waals surface area contributed by atoms with Crippen molar-refractivity contribution in [3.8, 4) is 0 Å². The summed E-state index contributed by atoms with van der Waals surface area (Å²) in [6.45, 7) is 1.54. The van der Waals surface area contributed by atoms with Gasteiger partial charge in [0, 0.05) is 25.7 Å². The smallest absolute Gasteiger partial charge is 0.240 e. The van der Waals surface area contributed by atoms with Gasteiger partial charge in [0.15, 0.2) is 0 Å². The van der Waals surface area contributed by atoms with Gasteiger partial charge in [-0.2, -0.15) is 0 Å². The minimum atomic E-state index is -3.81. The number of benzene rings is 3. The fourth-order valence-electron chi connectivity index (χ4n) is 3.09. The first-order valence-corrected chi connectivity index (χ1v) is 11.7. The molecule has 0 spiro atoms. The van der Waals surface area contributed by atoms with Gasteiger partial charge in [-0.05, 0) is 53.1 Å². The summed E-state index contributed by atoms with van der Waals surface area (Å²) in [4.78, 5) is 23.4. The van der Waals surface area contributed by atoms with Crippen LogP contribution in [0, 0.1) is 5.82 Å². The Kier molecular flexibility index (Phi) is 7.92. The van der Waals surface area contributed by atoms with E-state index in [1.165, 1.54) is 37.3 Å². The summed E-state index contributed by atoms with van der Waals surface area (Å²) < 4.78 is 40.9. The Balaban J connectivity index is 1.55. The zero-order valence-corrected chi connectivity index (χ0v) is 18.8. The van der Waals surface area contributed by atoms with Gasteiger partial charge in [0.2, 0.25) is 21.8 Å². The van der Waals surface area contributed by atoms with E-state index in [9.17, 15) is 22.4 Å². The molecule has 3 aromatic rings. The Hall–Kier alpha value is -3.56. The third kappa shape index (κ3) is 7.51. The van der Waals surface area contributed by atoms with E-state index in [0.29, 0.717) is 16.8 Å². The summed E-state index contributed by atoms with van der Waals surface area (Å²) in [5, 5.41) is 5.43. The van der Waals surface area contributed by atoms with E-state index >= 15 is 0 Å². The molecule has 3 rings (SSSR count). The second kappa shape index (κ2) is 10.8. The van der Waals surface area contributed by atoms with Gasteiger partial charge in [-0.25, -0.2) is 17.5 Å². The molecule has 172 valence electrons. The highest BCUT2D eigenvalue weighted by molar-refractivity contribution is 7.89. The molecule has 0 saturated carbocycles. The van der Waals surface area contributed by atoms with Crippen LogP contribution in [0.2, 0.25) is 0 Å². The average molecular weight is 470 g/mol. The lowest BCUT2D eigenvalue weighted by Gasteiger charge is -2.10. The number of carbonyl (C=O) groups is 2. The highest BCUT2D eigenvalue weighted by Crippen LogP contribution is 2.14. The SMILES string of the molecule is CC(=O)Nc1ccc(CC(=O)NCc2cccc(S(=O)(=O)NCc3cccc(F)c3)c2)cc1. The van der Waals surface area contributed by atoms with E-state index in [2.05, 4.69) is 15.4 Å². The van der Waals surface area contributed by atoms with Crippen LogP contribution in [0.4, 0.5) is 10.1 Å². The van der Waals surface area contributed by atoms with E-state index in [4.69, 9.17) is 0 Å². The Morgan fingerprint density at radius 2 is 1.52 bits per heavy atom. The number of halogens is 1. The summed E-state index contributed by atoms with van der Waals surface area (Å²) in [6.07, 6.45) is 0.146. The summed E-state index contributed by atoms with van der Waals surface area (Å²) >= 11 is 0. The Morgan fingerprint density at radius 3 is 2.18 bits per heavy atom. The van der Waals surface area contributed by atoms with Crippen molar-refractivity contribution in [1.82, 2.24) is 10.0 Å². The molecular weight excluding hydrogens is 445 g/mol. The van der Waals surface area contributed by atoms with Crippen molar-refractivity contribution in [3.05, 3.63) is 95.3 Å². The molecule has 0 saturated heterocycles.